The van der Waals surface area contributed by atoms with Gasteiger partial charge in [0.2, 0.25) is 0 Å². The number of hydrogen-bond acceptors (Lipinski definition) is 5. The first kappa shape index (κ1) is 17.0. The van der Waals surface area contributed by atoms with Crippen molar-refractivity contribution in [1.29, 1.82) is 0 Å². The summed E-state index contributed by atoms with van der Waals surface area (Å²) in [5, 5.41) is 15.2. The van der Waals surface area contributed by atoms with Gasteiger partial charge < -0.3 is 19.9 Å². The zero-order chi connectivity index (χ0) is 15.9. The van der Waals surface area contributed by atoms with Crippen LogP contribution in [-0.4, -0.2) is 52.3 Å². The normalized spacial score (nSPS) is 11.2. The fourth-order valence-electron chi connectivity index (χ4n) is 1.40. The second-order valence-corrected chi connectivity index (χ2v) is 5.34. The molecule has 1 rings (SSSR count). The van der Waals surface area contributed by atoms with Crippen LogP contribution in [0.25, 0.3) is 0 Å². The van der Waals surface area contributed by atoms with Crippen molar-refractivity contribution in [3.05, 3.63) is 18.0 Å². The third-order valence-electron chi connectivity index (χ3n) is 2.26. The topological polar surface area (TPSA) is 103 Å². The van der Waals surface area contributed by atoms with Crippen molar-refractivity contribution in [1.82, 2.24) is 15.1 Å². The van der Waals surface area contributed by atoms with E-state index in [1.54, 1.807) is 20.8 Å². The Kier molecular flexibility index (Phi) is 6.16. The maximum atomic E-state index is 11.3. The molecule has 0 unspecified atom stereocenters. The molecule has 0 aliphatic heterocycles. The van der Waals surface area contributed by atoms with E-state index in [4.69, 9.17) is 14.6 Å². The summed E-state index contributed by atoms with van der Waals surface area (Å²) in [5.41, 5.74) is -0.381. The fourth-order valence-corrected chi connectivity index (χ4v) is 1.40. The summed E-state index contributed by atoms with van der Waals surface area (Å²) < 4.78 is 11.9. The van der Waals surface area contributed by atoms with Crippen LogP contribution >= 0.6 is 0 Å². The van der Waals surface area contributed by atoms with Gasteiger partial charge in [-0.1, -0.05) is 0 Å². The number of carbonyl (C=O) groups excluding carboxylic acids is 1. The molecule has 0 aromatic carbocycles. The van der Waals surface area contributed by atoms with Gasteiger partial charge in [-0.25, -0.2) is 9.59 Å². The van der Waals surface area contributed by atoms with Crippen LogP contribution in [0.5, 0.6) is 0 Å². The summed E-state index contributed by atoms with van der Waals surface area (Å²) in [5.74, 6) is -1.01. The molecule has 0 bridgehead atoms. The standard InChI is InChI=1S/C13H21N3O5/c1-13(2,3)21-12(19)14-4-6-20-7-5-16-9-10(8-15-16)11(17)18/h8-9H,4-7H2,1-3H3,(H,14,19)(H,17,18). The van der Waals surface area contributed by atoms with Gasteiger partial charge in [0.15, 0.2) is 0 Å². The Bertz CT molecular complexity index is 478. The molecule has 0 spiro atoms. The molecule has 1 aromatic rings. The lowest BCUT2D eigenvalue weighted by Crippen LogP contribution is -2.34. The number of rotatable bonds is 7. The van der Waals surface area contributed by atoms with Crippen LogP contribution in [0, 0.1) is 0 Å². The smallest absolute Gasteiger partial charge is 0.407 e. The van der Waals surface area contributed by atoms with Crippen LogP contribution in [-0.2, 0) is 16.0 Å². The van der Waals surface area contributed by atoms with Crippen LogP contribution < -0.4 is 5.32 Å². The van der Waals surface area contributed by atoms with Gasteiger partial charge in [0.25, 0.3) is 0 Å². The third-order valence-corrected chi connectivity index (χ3v) is 2.26. The number of carboxylic acid groups (broad SMARTS) is 1. The number of carboxylic acids is 1. The molecule has 0 radical (unpaired) electrons. The Morgan fingerprint density at radius 3 is 2.67 bits per heavy atom. The summed E-state index contributed by atoms with van der Waals surface area (Å²) in [7, 11) is 0. The van der Waals surface area contributed by atoms with E-state index in [1.165, 1.54) is 17.1 Å². The van der Waals surface area contributed by atoms with E-state index in [2.05, 4.69) is 10.4 Å². The largest absolute Gasteiger partial charge is 0.478 e. The molecule has 21 heavy (non-hydrogen) atoms. The van der Waals surface area contributed by atoms with E-state index in [9.17, 15) is 9.59 Å². The number of amides is 1. The second-order valence-electron chi connectivity index (χ2n) is 5.34. The molecule has 0 aliphatic rings. The number of ether oxygens (including phenoxy) is 2. The highest BCUT2D eigenvalue weighted by Gasteiger charge is 2.15. The van der Waals surface area contributed by atoms with Gasteiger partial charge in [0.05, 0.1) is 31.5 Å². The maximum absolute atomic E-state index is 11.3. The van der Waals surface area contributed by atoms with Gasteiger partial charge in [0, 0.05) is 12.7 Å². The molecule has 2 N–H and O–H groups in total. The molecule has 0 saturated heterocycles. The number of nitrogens with zero attached hydrogens (tertiary/aromatic N) is 2. The van der Waals surface area contributed by atoms with Gasteiger partial charge in [-0.3, -0.25) is 4.68 Å². The van der Waals surface area contributed by atoms with Crippen LogP contribution in [0.4, 0.5) is 4.79 Å². The molecule has 1 amide bonds. The highest BCUT2D eigenvalue weighted by Crippen LogP contribution is 2.06. The van der Waals surface area contributed by atoms with Crippen LogP contribution in [0.1, 0.15) is 31.1 Å². The lowest BCUT2D eigenvalue weighted by Gasteiger charge is -2.19. The Morgan fingerprint density at radius 2 is 2.10 bits per heavy atom. The molecule has 8 heteroatoms. The number of hydrogen-bond donors (Lipinski definition) is 2. The summed E-state index contributed by atoms with van der Waals surface area (Å²) in [6.45, 7) is 6.87. The van der Waals surface area contributed by atoms with Crippen molar-refractivity contribution in [2.75, 3.05) is 19.8 Å². The number of aromatic carboxylic acids is 1. The minimum Gasteiger partial charge on any atom is -0.478 e. The zero-order valence-electron chi connectivity index (χ0n) is 12.5. The van der Waals surface area contributed by atoms with Crippen molar-refractivity contribution in [2.24, 2.45) is 0 Å². The van der Waals surface area contributed by atoms with E-state index in [-0.39, 0.29) is 5.56 Å². The quantitative estimate of drug-likeness (QED) is 0.731. The number of carbonyl (C=O) groups is 2. The number of aromatic nitrogens is 2. The number of nitrogens with one attached hydrogen (secondary N) is 1. The SMILES string of the molecule is CC(C)(C)OC(=O)NCCOCCn1cc(C(=O)O)cn1. The summed E-state index contributed by atoms with van der Waals surface area (Å²) in [6.07, 6.45) is 2.24. The second kappa shape index (κ2) is 7.63. The minimum atomic E-state index is -1.01. The third kappa shape index (κ3) is 7.31. The Morgan fingerprint density at radius 1 is 1.38 bits per heavy atom. The molecule has 1 aromatic heterocycles. The van der Waals surface area contributed by atoms with Crippen molar-refractivity contribution >= 4 is 12.1 Å². The first-order valence-corrected chi connectivity index (χ1v) is 6.58. The summed E-state index contributed by atoms with van der Waals surface area (Å²) in [6, 6.07) is 0. The van der Waals surface area contributed by atoms with Gasteiger partial charge in [-0.05, 0) is 20.8 Å². The van der Waals surface area contributed by atoms with E-state index in [0.717, 1.165) is 0 Å². The van der Waals surface area contributed by atoms with Crippen molar-refractivity contribution in [3.63, 3.8) is 0 Å². The summed E-state index contributed by atoms with van der Waals surface area (Å²) in [4.78, 5) is 22.0. The predicted molar refractivity (Wildman–Crippen MR) is 74.2 cm³/mol. The van der Waals surface area contributed by atoms with Crippen molar-refractivity contribution in [3.8, 4) is 0 Å². The van der Waals surface area contributed by atoms with E-state index >= 15 is 0 Å². The predicted octanol–water partition coefficient (Wildman–Crippen LogP) is 1.12. The monoisotopic (exact) mass is 299 g/mol. The highest BCUT2D eigenvalue weighted by atomic mass is 16.6. The van der Waals surface area contributed by atoms with E-state index < -0.39 is 17.7 Å². The molecule has 8 nitrogen and oxygen atoms in total. The first-order chi connectivity index (χ1) is 9.78. The van der Waals surface area contributed by atoms with Crippen LogP contribution in [0.15, 0.2) is 12.4 Å². The fraction of sp³-hybridized carbons (Fsp3) is 0.615. The van der Waals surface area contributed by atoms with Gasteiger partial charge >= 0.3 is 12.1 Å². The molecule has 0 atom stereocenters. The van der Waals surface area contributed by atoms with Gasteiger partial charge in [0.1, 0.15) is 5.60 Å². The van der Waals surface area contributed by atoms with Crippen molar-refractivity contribution < 1.29 is 24.2 Å². The maximum Gasteiger partial charge on any atom is 0.407 e. The molecule has 0 fully saturated rings. The summed E-state index contributed by atoms with van der Waals surface area (Å²) >= 11 is 0. The van der Waals surface area contributed by atoms with Crippen LogP contribution in [0.2, 0.25) is 0 Å². The van der Waals surface area contributed by atoms with Gasteiger partial charge in [-0.2, -0.15) is 5.10 Å². The molecule has 0 aliphatic carbocycles. The lowest BCUT2D eigenvalue weighted by atomic mass is 10.2. The Hall–Kier alpha value is -2.09. The lowest BCUT2D eigenvalue weighted by molar-refractivity contribution is 0.0496. The zero-order valence-corrected chi connectivity index (χ0v) is 12.5. The average molecular weight is 299 g/mol. The average Bonchev–Trinajstić information content (AvgIpc) is 2.80. The first-order valence-electron chi connectivity index (χ1n) is 6.58. The van der Waals surface area contributed by atoms with Gasteiger partial charge in [-0.15, -0.1) is 0 Å². The van der Waals surface area contributed by atoms with E-state index in [0.29, 0.717) is 26.3 Å². The van der Waals surface area contributed by atoms with Crippen LogP contribution in [0.3, 0.4) is 0 Å². The molecular formula is C13H21N3O5. The van der Waals surface area contributed by atoms with E-state index in [1.807, 2.05) is 0 Å². The minimum absolute atomic E-state index is 0.140. The number of alkyl carbamates (subject to hydrolysis) is 1. The molecular weight excluding hydrogens is 278 g/mol. The highest BCUT2D eigenvalue weighted by molar-refractivity contribution is 5.86. The molecule has 118 valence electrons. The molecule has 0 saturated carbocycles. The Labute approximate surface area is 123 Å². The van der Waals surface area contributed by atoms with Crippen molar-refractivity contribution in [2.45, 2.75) is 32.9 Å². The molecule has 1 heterocycles. The Balaban J connectivity index is 2.09.